The molecule has 7 nitrogen and oxygen atoms in total. The van der Waals surface area contributed by atoms with Gasteiger partial charge < -0.3 is 10.4 Å². The fourth-order valence-electron chi connectivity index (χ4n) is 1.35. The van der Waals surface area contributed by atoms with E-state index in [2.05, 4.69) is 5.32 Å². The van der Waals surface area contributed by atoms with Crippen molar-refractivity contribution < 1.29 is 19.6 Å². The molecule has 1 aromatic rings. The van der Waals surface area contributed by atoms with E-state index < -0.39 is 22.8 Å². The fraction of sp³-hybridized carbons (Fsp3) is 0.273. The van der Waals surface area contributed by atoms with E-state index in [4.69, 9.17) is 5.11 Å². The standard InChI is InChI=1S/C11H12N2O5/c1-6-5-8(13(17)18)3-4-9(6)10(14)12-7(2)11(15)16/h3-5,7H,1-2H3,(H,12,14)(H,15,16)/t7-/m1/s1. The summed E-state index contributed by atoms with van der Waals surface area (Å²) in [5.74, 6) is -1.72. The van der Waals surface area contributed by atoms with E-state index in [9.17, 15) is 19.7 Å². The van der Waals surface area contributed by atoms with Crippen LogP contribution < -0.4 is 5.32 Å². The lowest BCUT2D eigenvalue weighted by molar-refractivity contribution is -0.384. The van der Waals surface area contributed by atoms with Crippen molar-refractivity contribution >= 4 is 17.6 Å². The Balaban J connectivity index is 2.94. The highest BCUT2D eigenvalue weighted by Crippen LogP contribution is 2.17. The number of aliphatic carboxylic acids is 1. The number of non-ortho nitro benzene ring substituents is 1. The summed E-state index contributed by atoms with van der Waals surface area (Å²) in [7, 11) is 0. The SMILES string of the molecule is Cc1cc([N+](=O)[O-])ccc1C(=O)N[C@H](C)C(=O)O. The van der Waals surface area contributed by atoms with Gasteiger partial charge in [-0.3, -0.25) is 19.7 Å². The smallest absolute Gasteiger partial charge is 0.325 e. The number of hydrogen-bond donors (Lipinski definition) is 2. The van der Waals surface area contributed by atoms with Crippen LogP contribution in [0, 0.1) is 17.0 Å². The second kappa shape index (κ2) is 5.26. The van der Waals surface area contributed by atoms with Gasteiger partial charge in [0, 0.05) is 17.7 Å². The number of carbonyl (C=O) groups is 2. The van der Waals surface area contributed by atoms with Crippen LogP contribution in [0.4, 0.5) is 5.69 Å². The van der Waals surface area contributed by atoms with Crippen molar-refractivity contribution in [2.24, 2.45) is 0 Å². The average molecular weight is 252 g/mol. The summed E-state index contributed by atoms with van der Waals surface area (Å²) in [5, 5.41) is 21.5. The van der Waals surface area contributed by atoms with E-state index in [0.717, 1.165) is 0 Å². The lowest BCUT2D eigenvalue weighted by Gasteiger charge is -2.10. The molecular weight excluding hydrogens is 240 g/mol. The number of aryl methyl sites for hydroxylation is 1. The Bertz CT molecular complexity index is 512. The quantitative estimate of drug-likeness (QED) is 0.616. The van der Waals surface area contributed by atoms with Crippen molar-refractivity contribution in [3.63, 3.8) is 0 Å². The molecule has 0 aliphatic heterocycles. The molecule has 1 atom stereocenters. The molecule has 0 heterocycles. The zero-order chi connectivity index (χ0) is 13.9. The predicted octanol–water partition coefficient (Wildman–Crippen LogP) is 1.11. The first kappa shape index (κ1) is 13.6. The number of nitro benzene ring substituents is 1. The topological polar surface area (TPSA) is 110 Å². The number of benzene rings is 1. The zero-order valence-corrected chi connectivity index (χ0v) is 9.84. The molecule has 0 saturated carbocycles. The maximum absolute atomic E-state index is 11.7. The number of carboxylic acids is 1. The zero-order valence-electron chi connectivity index (χ0n) is 9.84. The van der Waals surface area contributed by atoms with Crippen molar-refractivity contribution in [2.75, 3.05) is 0 Å². The van der Waals surface area contributed by atoms with Crippen molar-refractivity contribution in [1.29, 1.82) is 0 Å². The van der Waals surface area contributed by atoms with Gasteiger partial charge in [-0.25, -0.2) is 0 Å². The second-order valence-electron chi connectivity index (χ2n) is 3.79. The van der Waals surface area contributed by atoms with E-state index in [-0.39, 0.29) is 11.3 Å². The van der Waals surface area contributed by atoms with Crippen LogP contribution >= 0.6 is 0 Å². The minimum Gasteiger partial charge on any atom is -0.480 e. The Labute approximate surface area is 103 Å². The number of hydrogen-bond acceptors (Lipinski definition) is 4. The van der Waals surface area contributed by atoms with Gasteiger partial charge in [-0.15, -0.1) is 0 Å². The lowest BCUT2D eigenvalue weighted by Crippen LogP contribution is -2.38. The predicted molar refractivity (Wildman–Crippen MR) is 62.4 cm³/mol. The number of carbonyl (C=O) groups excluding carboxylic acids is 1. The van der Waals surface area contributed by atoms with Crippen LogP contribution in [0.25, 0.3) is 0 Å². The molecule has 0 bridgehead atoms. The summed E-state index contributed by atoms with van der Waals surface area (Å²) < 4.78 is 0. The number of amides is 1. The Kier molecular flexibility index (Phi) is 3.98. The summed E-state index contributed by atoms with van der Waals surface area (Å²) in [6.07, 6.45) is 0. The van der Waals surface area contributed by atoms with Gasteiger partial charge in [-0.2, -0.15) is 0 Å². The number of carboxylic acid groups (broad SMARTS) is 1. The Hall–Kier alpha value is -2.44. The third kappa shape index (κ3) is 3.03. The number of nitrogens with zero attached hydrogens (tertiary/aromatic N) is 1. The molecule has 7 heteroatoms. The molecule has 0 fully saturated rings. The summed E-state index contributed by atoms with van der Waals surface area (Å²) in [4.78, 5) is 32.3. The molecule has 1 rings (SSSR count). The fourth-order valence-corrected chi connectivity index (χ4v) is 1.35. The van der Waals surface area contributed by atoms with E-state index in [1.165, 1.54) is 25.1 Å². The van der Waals surface area contributed by atoms with E-state index in [1.54, 1.807) is 6.92 Å². The first-order valence-electron chi connectivity index (χ1n) is 5.11. The van der Waals surface area contributed by atoms with Gasteiger partial charge in [0.25, 0.3) is 11.6 Å². The summed E-state index contributed by atoms with van der Waals surface area (Å²) in [5.41, 5.74) is 0.517. The average Bonchev–Trinajstić information content (AvgIpc) is 2.28. The van der Waals surface area contributed by atoms with Crippen LogP contribution in [0.15, 0.2) is 18.2 Å². The van der Waals surface area contributed by atoms with Crippen LogP contribution in [0.3, 0.4) is 0 Å². The molecule has 1 amide bonds. The van der Waals surface area contributed by atoms with Crippen molar-refractivity contribution in [2.45, 2.75) is 19.9 Å². The summed E-state index contributed by atoms with van der Waals surface area (Å²) in [6.45, 7) is 2.88. The molecule has 0 aliphatic carbocycles. The minimum absolute atomic E-state index is 0.115. The number of nitro groups is 1. The molecule has 0 spiro atoms. The Morgan fingerprint density at radius 3 is 2.50 bits per heavy atom. The van der Waals surface area contributed by atoms with Gasteiger partial charge in [0.1, 0.15) is 6.04 Å². The van der Waals surface area contributed by atoms with E-state index in [0.29, 0.717) is 5.56 Å². The molecule has 1 aromatic carbocycles. The highest BCUT2D eigenvalue weighted by Gasteiger charge is 2.18. The summed E-state index contributed by atoms with van der Waals surface area (Å²) in [6, 6.07) is 2.75. The van der Waals surface area contributed by atoms with Crippen LogP contribution in [-0.2, 0) is 4.79 Å². The van der Waals surface area contributed by atoms with Gasteiger partial charge in [-0.1, -0.05) is 0 Å². The van der Waals surface area contributed by atoms with E-state index >= 15 is 0 Å². The maximum atomic E-state index is 11.7. The number of nitrogens with one attached hydrogen (secondary N) is 1. The Morgan fingerprint density at radius 2 is 2.06 bits per heavy atom. The molecule has 0 aromatic heterocycles. The second-order valence-corrected chi connectivity index (χ2v) is 3.79. The third-order valence-corrected chi connectivity index (χ3v) is 2.38. The minimum atomic E-state index is -1.15. The monoisotopic (exact) mass is 252 g/mol. The van der Waals surface area contributed by atoms with E-state index in [1.807, 2.05) is 0 Å². The summed E-state index contributed by atoms with van der Waals surface area (Å²) >= 11 is 0. The first-order chi connectivity index (χ1) is 8.32. The van der Waals surface area contributed by atoms with Crippen LogP contribution in [0.2, 0.25) is 0 Å². The largest absolute Gasteiger partial charge is 0.480 e. The van der Waals surface area contributed by atoms with Crippen LogP contribution in [-0.4, -0.2) is 27.9 Å². The van der Waals surface area contributed by atoms with Gasteiger partial charge in [0.15, 0.2) is 0 Å². The van der Waals surface area contributed by atoms with Gasteiger partial charge >= 0.3 is 5.97 Å². The molecular formula is C11H12N2O5. The highest BCUT2D eigenvalue weighted by atomic mass is 16.6. The third-order valence-electron chi connectivity index (χ3n) is 2.38. The molecule has 0 saturated heterocycles. The molecule has 2 N–H and O–H groups in total. The highest BCUT2D eigenvalue weighted by molar-refractivity contribution is 5.97. The van der Waals surface area contributed by atoms with Crippen molar-refractivity contribution in [1.82, 2.24) is 5.32 Å². The number of rotatable bonds is 4. The Morgan fingerprint density at radius 1 is 1.44 bits per heavy atom. The normalized spacial score (nSPS) is 11.7. The van der Waals surface area contributed by atoms with Gasteiger partial charge in [0.05, 0.1) is 4.92 Å². The van der Waals surface area contributed by atoms with Crippen LogP contribution in [0.1, 0.15) is 22.8 Å². The molecule has 0 unspecified atom stereocenters. The molecule has 18 heavy (non-hydrogen) atoms. The van der Waals surface area contributed by atoms with Crippen molar-refractivity contribution in [3.05, 3.63) is 39.4 Å². The van der Waals surface area contributed by atoms with Gasteiger partial charge in [0.2, 0.25) is 0 Å². The lowest BCUT2D eigenvalue weighted by atomic mass is 10.1. The molecule has 0 radical (unpaired) electrons. The first-order valence-corrected chi connectivity index (χ1v) is 5.11. The van der Waals surface area contributed by atoms with Gasteiger partial charge in [-0.05, 0) is 25.5 Å². The molecule has 0 aliphatic rings. The van der Waals surface area contributed by atoms with Crippen LogP contribution in [0.5, 0.6) is 0 Å². The maximum Gasteiger partial charge on any atom is 0.325 e. The van der Waals surface area contributed by atoms with Crippen molar-refractivity contribution in [3.8, 4) is 0 Å². The molecule has 96 valence electrons.